The number of benzene rings is 1. The van der Waals surface area contributed by atoms with E-state index in [0.717, 1.165) is 24.2 Å². The van der Waals surface area contributed by atoms with E-state index in [2.05, 4.69) is 16.4 Å². The molecule has 104 valence electrons. The van der Waals surface area contributed by atoms with Crippen LogP contribution in [-0.2, 0) is 6.42 Å². The fourth-order valence-corrected chi connectivity index (χ4v) is 2.96. The van der Waals surface area contributed by atoms with Gasteiger partial charge in [0.25, 0.3) is 0 Å². The Morgan fingerprint density at radius 1 is 1.35 bits per heavy atom. The highest BCUT2D eigenvalue weighted by atomic mass is 35.5. The SMILES string of the molecule is COc1ccc(NC2CCCc3cccnc32)cc1Cl. The first kappa shape index (κ1) is 13.3. The molecule has 2 aromatic rings. The molecule has 1 N–H and O–H groups in total. The monoisotopic (exact) mass is 288 g/mol. The lowest BCUT2D eigenvalue weighted by atomic mass is 9.92. The zero-order chi connectivity index (χ0) is 13.9. The number of anilines is 1. The van der Waals surface area contributed by atoms with Crippen molar-refractivity contribution in [1.82, 2.24) is 4.98 Å². The number of methoxy groups -OCH3 is 1. The van der Waals surface area contributed by atoms with Crippen molar-refractivity contribution in [3.63, 3.8) is 0 Å². The number of aromatic nitrogens is 1. The molecule has 1 aromatic carbocycles. The summed E-state index contributed by atoms with van der Waals surface area (Å²) in [6.07, 6.45) is 5.25. The number of nitrogens with zero attached hydrogens (tertiary/aromatic N) is 1. The molecule has 1 aliphatic carbocycles. The molecule has 3 nitrogen and oxygen atoms in total. The summed E-state index contributed by atoms with van der Waals surface area (Å²) in [5.41, 5.74) is 3.50. The molecule has 0 bridgehead atoms. The molecule has 1 unspecified atom stereocenters. The Kier molecular flexibility index (Phi) is 3.79. The van der Waals surface area contributed by atoms with Crippen LogP contribution >= 0.6 is 11.6 Å². The topological polar surface area (TPSA) is 34.1 Å². The number of nitrogens with one attached hydrogen (secondary N) is 1. The fourth-order valence-electron chi connectivity index (χ4n) is 2.71. The summed E-state index contributed by atoms with van der Waals surface area (Å²) < 4.78 is 5.17. The molecule has 0 saturated heterocycles. The van der Waals surface area contributed by atoms with E-state index in [-0.39, 0.29) is 6.04 Å². The second-order valence-corrected chi connectivity index (χ2v) is 5.39. The van der Waals surface area contributed by atoms with Crippen molar-refractivity contribution in [2.45, 2.75) is 25.3 Å². The van der Waals surface area contributed by atoms with E-state index in [1.807, 2.05) is 30.5 Å². The Morgan fingerprint density at radius 2 is 2.25 bits per heavy atom. The maximum absolute atomic E-state index is 6.17. The molecule has 1 atom stereocenters. The number of pyridine rings is 1. The molecule has 0 radical (unpaired) electrons. The van der Waals surface area contributed by atoms with Gasteiger partial charge in [0.2, 0.25) is 0 Å². The van der Waals surface area contributed by atoms with Gasteiger partial charge in [0, 0.05) is 11.9 Å². The number of rotatable bonds is 3. The number of fused-ring (bicyclic) bond motifs is 1. The van der Waals surface area contributed by atoms with Crippen LogP contribution in [0.25, 0.3) is 0 Å². The van der Waals surface area contributed by atoms with E-state index in [9.17, 15) is 0 Å². The van der Waals surface area contributed by atoms with E-state index in [1.54, 1.807) is 7.11 Å². The van der Waals surface area contributed by atoms with Gasteiger partial charge in [-0.1, -0.05) is 17.7 Å². The summed E-state index contributed by atoms with van der Waals surface area (Å²) >= 11 is 6.17. The van der Waals surface area contributed by atoms with Crippen LogP contribution in [0.3, 0.4) is 0 Å². The van der Waals surface area contributed by atoms with Crippen LogP contribution in [0.4, 0.5) is 5.69 Å². The highest BCUT2D eigenvalue weighted by molar-refractivity contribution is 6.32. The van der Waals surface area contributed by atoms with Gasteiger partial charge in [-0.3, -0.25) is 4.98 Å². The average Bonchev–Trinajstić information content (AvgIpc) is 2.48. The molecule has 0 amide bonds. The van der Waals surface area contributed by atoms with E-state index in [4.69, 9.17) is 16.3 Å². The predicted molar refractivity (Wildman–Crippen MR) is 81.5 cm³/mol. The van der Waals surface area contributed by atoms with Crippen molar-refractivity contribution in [2.75, 3.05) is 12.4 Å². The van der Waals surface area contributed by atoms with E-state index in [0.29, 0.717) is 10.8 Å². The van der Waals surface area contributed by atoms with Gasteiger partial charge in [0.05, 0.1) is 23.9 Å². The largest absolute Gasteiger partial charge is 0.495 e. The molecule has 3 rings (SSSR count). The standard InChI is InChI=1S/C16H17ClN2O/c1-20-15-8-7-12(10-13(15)17)19-14-6-2-4-11-5-3-9-18-16(11)14/h3,5,7-10,14,19H,2,4,6H2,1H3. The quantitative estimate of drug-likeness (QED) is 0.917. The van der Waals surface area contributed by atoms with Crippen LogP contribution in [0, 0.1) is 0 Å². The van der Waals surface area contributed by atoms with Crippen molar-refractivity contribution in [2.24, 2.45) is 0 Å². The Hall–Kier alpha value is -1.74. The summed E-state index contributed by atoms with van der Waals surface area (Å²) in [7, 11) is 1.62. The minimum atomic E-state index is 0.254. The average molecular weight is 289 g/mol. The molecule has 1 aromatic heterocycles. The number of halogens is 1. The molecule has 1 heterocycles. The van der Waals surface area contributed by atoms with Crippen molar-refractivity contribution < 1.29 is 4.74 Å². The highest BCUT2D eigenvalue weighted by Crippen LogP contribution is 2.33. The first-order chi connectivity index (χ1) is 9.78. The van der Waals surface area contributed by atoms with Crippen molar-refractivity contribution in [3.8, 4) is 5.75 Å². The smallest absolute Gasteiger partial charge is 0.137 e. The summed E-state index contributed by atoms with van der Waals surface area (Å²) in [6.45, 7) is 0. The summed E-state index contributed by atoms with van der Waals surface area (Å²) in [6, 6.07) is 10.2. The Balaban J connectivity index is 1.84. The summed E-state index contributed by atoms with van der Waals surface area (Å²) in [5.74, 6) is 0.694. The highest BCUT2D eigenvalue weighted by Gasteiger charge is 2.21. The fraction of sp³-hybridized carbons (Fsp3) is 0.312. The molecular formula is C16H17ClN2O. The third kappa shape index (κ3) is 2.59. The zero-order valence-electron chi connectivity index (χ0n) is 11.4. The minimum Gasteiger partial charge on any atom is -0.495 e. The minimum absolute atomic E-state index is 0.254. The van der Waals surface area contributed by atoms with Gasteiger partial charge in [-0.05, 0) is 49.1 Å². The van der Waals surface area contributed by atoms with Gasteiger partial charge in [-0.25, -0.2) is 0 Å². The second kappa shape index (κ2) is 5.71. The first-order valence-electron chi connectivity index (χ1n) is 6.82. The molecule has 20 heavy (non-hydrogen) atoms. The lowest BCUT2D eigenvalue weighted by Gasteiger charge is -2.26. The van der Waals surface area contributed by atoms with Crippen LogP contribution in [0.15, 0.2) is 36.5 Å². The van der Waals surface area contributed by atoms with Crippen LogP contribution in [-0.4, -0.2) is 12.1 Å². The van der Waals surface area contributed by atoms with Gasteiger partial charge < -0.3 is 10.1 Å². The van der Waals surface area contributed by atoms with E-state index in [1.165, 1.54) is 12.0 Å². The second-order valence-electron chi connectivity index (χ2n) is 4.99. The van der Waals surface area contributed by atoms with E-state index < -0.39 is 0 Å². The Morgan fingerprint density at radius 3 is 3.05 bits per heavy atom. The van der Waals surface area contributed by atoms with Gasteiger partial charge >= 0.3 is 0 Å². The molecule has 0 fully saturated rings. The summed E-state index contributed by atoms with van der Waals surface area (Å²) in [4.78, 5) is 4.53. The lowest BCUT2D eigenvalue weighted by molar-refractivity contribution is 0.415. The van der Waals surface area contributed by atoms with Crippen molar-refractivity contribution >= 4 is 17.3 Å². The number of hydrogen-bond donors (Lipinski definition) is 1. The molecule has 0 aliphatic heterocycles. The van der Waals surface area contributed by atoms with Crippen molar-refractivity contribution in [3.05, 3.63) is 52.8 Å². The zero-order valence-corrected chi connectivity index (χ0v) is 12.2. The van der Waals surface area contributed by atoms with Crippen molar-refractivity contribution in [1.29, 1.82) is 0 Å². The third-order valence-electron chi connectivity index (χ3n) is 3.69. The molecule has 1 aliphatic rings. The van der Waals surface area contributed by atoms with Gasteiger partial charge in [0.15, 0.2) is 0 Å². The first-order valence-corrected chi connectivity index (χ1v) is 7.19. The number of ether oxygens (including phenoxy) is 1. The normalized spacial score (nSPS) is 17.4. The number of hydrogen-bond acceptors (Lipinski definition) is 3. The Labute approximate surface area is 123 Å². The Bertz CT molecular complexity index is 615. The van der Waals surface area contributed by atoms with Crippen LogP contribution in [0.2, 0.25) is 5.02 Å². The van der Waals surface area contributed by atoms with Gasteiger partial charge in [0.1, 0.15) is 5.75 Å². The maximum atomic E-state index is 6.17. The third-order valence-corrected chi connectivity index (χ3v) is 3.98. The van der Waals surface area contributed by atoms with Crippen LogP contribution in [0.5, 0.6) is 5.75 Å². The maximum Gasteiger partial charge on any atom is 0.137 e. The predicted octanol–water partition coefficient (Wildman–Crippen LogP) is 4.23. The van der Waals surface area contributed by atoms with E-state index >= 15 is 0 Å². The van der Waals surface area contributed by atoms with Gasteiger partial charge in [-0.2, -0.15) is 0 Å². The molecular weight excluding hydrogens is 272 g/mol. The molecule has 0 saturated carbocycles. The lowest BCUT2D eigenvalue weighted by Crippen LogP contribution is -2.18. The molecule has 0 spiro atoms. The van der Waals surface area contributed by atoms with Crippen LogP contribution in [0.1, 0.15) is 30.1 Å². The molecule has 4 heteroatoms. The number of aryl methyl sites for hydroxylation is 1. The van der Waals surface area contributed by atoms with Crippen LogP contribution < -0.4 is 10.1 Å². The summed E-state index contributed by atoms with van der Waals surface area (Å²) in [5, 5.41) is 4.15. The van der Waals surface area contributed by atoms with Gasteiger partial charge in [-0.15, -0.1) is 0 Å².